The first-order chi connectivity index (χ1) is 18.7. The number of hydrogen-bond acceptors (Lipinski definition) is 12. The summed E-state index contributed by atoms with van der Waals surface area (Å²) in [5.74, 6) is -5.04. The van der Waals surface area contributed by atoms with Crippen LogP contribution in [0.4, 0.5) is 4.79 Å². The van der Waals surface area contributed by atoms with Gasteiger partial charge in [-0.3, -0.25) is 33.7 Å². The molecular formula is C25H41N3O12. The molecule has 0 unspecified atom stereocenters. The zero-order chi connectivity index (χ0) is 30.9. The van der Waals surface area contributed by atoms with E-state index in [9.17, 15) is 33.6 Å². The zero-order valence-electron chi connectivity index (χ0n) is 24.3. The van der Waals surface area contributed by atoms with Gasteiger partial charge < -0.3 is 33.5 Å². The Labute approximate surface area is 233 Å². The minimum atomic E-state index is -1.08. The van der Waals surface area contributed by atoms with Crippen LogP contribution in [0.1, 0.15) is 48.5 Å². The van der Waals surface area contributed by atoms with E-state index in [1.807, 2.05) is 0 Å². The third-order valence-corrected chi connectivity index (χ3v) is 4.51. The highest BCUT2D eigenvalue weighted by Gasteiger charge is 2.32. The van der Waals surface area contributed by atoms with Gasteiger partial charge in [-0.05, 0) is 48.5 Å². The van der Waals surface area contributed by atoms with Crippen molar-refractivity contribution in [3.8, 4) is 0 Å². The monoisotopic (exact) mass is 575 g/mol. The fraction of sp³-hybridized carbons (Fsp3) is 0.720. The van der Waals surface area contributed by atoms with Gasteiger partial charge in [0.05, 0.1) is 26.4 Å². The maximum atomic E-state index is 13.2. The van der Waals surface area contributed by atoms with E-state index in [1.165, 1.54) is 0 Å². The van der Waals surface area contributed by atoms with E-state index < -0.39 is 86.7 Å². The molecule has 0 aliphatic rings. The van der Waals surface area contributed by atoms with E-state index in [1.54, 1.807) is 48.5 Å². The second-order valence-electron chi connectivity index (χ2n) is 9.06. The molecule has 0 rings (SSSR count). The van der Waals surface area contributed by atoms with Gasteiger partial charge in [-0.15, -0.1) is 0 Å². The van der Waals surface area contributed by atoms with Gasteiger partial charge >= 0.3 is 30.0 Å². The second kappa shape index (κ2) is 18.4. The van der Waals surface area contributed by atoms with E-state index in [0.717, 1.165) is 14.7 Å². The predicted octanol–water partition coefficient (Wildman–Crippen LogP) is 0.133. The highest BCUT2D eigenvalue weighted by atomic mass is 16.6. The first kappa shape index (κ1) is 36.1. The van der Waals surface area contributed by atoms with Crippen LogP contribution in [0.15, 0.2) is 0 Å². The molecule has 0 aromatic carbocycles. The molecule has 15 nitrogen and oxygen atoms in total. The largest absolute Gasteiger partial charge is 0.465 e. The summed E-state index contributed by atoms with van der Waals surface area (Å²) in [7, 11) is 0. The first-order valence-electron chi connectivity index (χ1n) is 12.8. The number of esters is 4. The molecular weight excluding hydrogens is 534 g/mol. The van der Waals surface area contributed by atoms with Gasteiger partial charge in [-0.2, -0.15) is 0 Å². The average Bonchev–Trinajstić information content (AvgIpc) is 2.82. The van der Waals surface area contributed by atoms with Gasteiger partial charge in [-0.25, -0.2) is 4.79 Å². The van der Waals surface area contributed by atoms with Gasteiger partial charge in [0.25, 0.3) is 0 Å². The van der Waals surface area contributed by atoms with Crippen LogP contribution in [0, 0.1) is 0 Å². The lowest BCUT2D eigenvalue weighted by molar-refractivity contribution is -0.155. The van der Waals surface area contributed by atoms with E-state index in [-0.39, 0.29) is 26.4 Å². The average molecular weight is 576 g/mol. The SMILES string of the molecule is CCOC(=O)CN(CC(=O)OCC)C(=O)CN(CC(=O)N(CC(=O)OCC)CC(=O)OCC)C(=O)OC(C)(C)C. The summed E-state index contributed by atoms with van der Waals surface area (Å²) in [6.45, 7) is 6.92. The van der Waals surface area contributed by atoms with Gasteiger partial charge in [0.2, 0.25) is 11.8 Å². The molecule has 0 bridgehead atoms. The Balaban J connectivity index is 6.07. The van der Waals surface area contributed by atoms with Gasteiger partial charge in [0, 0.05) is 0 Å². The number of amides is 3. The Morgan fingerprint density at radius 3 is 0.975 bits per heavy atom. The van der Waals surface area contributed by atoms with Crippen molar-refractivity contribution in [2.45, 2.75) is 54.1 Å². The molecule has 3 amide bonds. The highest BCUT2D eigenvalue weighted by molar-refractivity contribution is 5.92. The van der Waals surface area contributed by atoms with Crippen molar-refractivity contribution >= 4 is 41.8 Å². The third kappa shape index (κ3) is 15.5. The van der Waals surface area contributed by atoms with Crippen LogP contribution in [0.25, 0.3) is 0 Å². The van der Waals surface area contributed by atoms with Gasteiger partial charge in [0.15, 0.2) is 0 Å². The van der Waals surface area contributed by atoms with Crippen LogP contribution in [-0.2, 0) is 52.5 Å². The standard InChI is InChI=1S/C25H41N3O12/c1-8-36-20(31)14-26(15-21(32)37-9-2)18(29)12-28(24(35)40-25(5,6)7)13-19(30)27(16-22(33)38-10-3)17-23(34)39-11-4/h8-17H2,1-7H3. The normalized spacial score (nSPS) is 10.6. The van der Waals surface area contributed by atoms with E-state index in [2.05, 4.69) is 0 Å². The Kier molecular flexibility index (Phi) is 16.6. The first-order valence-corrected chi connectivity index (χ1v) is 12.8. The molecule has 0 N–H and O–H groups in total. The Morgan fingerprint density at radius 1 is 0.475 bits per heavy atom. The smallest absolute Gasteiger partial charge is 0.411 e. The summed E-state index contributed by atoms with van der Waals surface area (Å²) in [5, 5.41) is 0. The summed E-state index contributed by atoms with van der Waals surface area (Å²) in [6, 6.07) is 0. The third-order valence-electron chi connectivity index (χ3n) is 4.51. The maximum absolute atomic E-state index is 13.2. The summed E-state index contributed by atoms with van der Waals surface area (Å²) in [5.41, 5.74) is -1.02. The van der Waals surface area contributed by atoms with Crippen molar-refractivity contribution in [1.29, 1.82) is 0 Å². The van der Waals surface area contributed by atoms with E-state index in [4.69, 9.17) is 23.7 Å². The minimum Gasteiger partial charge on any atom is -0.465 e. The molecule has 40 heavy (non-hydrogen) atoms. The molecule has 228 valence electrons. The highest BCUT2D eigenvalue weighted by Crippen LogP contribution is 2.11. The van der Waals surface area contributed by atoms with Crippen LogP contribution >= 0.6 is 0 Å². The molecule has 0 saturated heterocycles. The van der Waals surface area contributed by atoms with Crippen LogP contribution < -0.4 is 0 Å². The molecule has 0 spiro atoms. The number of carbonyl (C=O) groups excluding carboxylic acids is 7. The number of hydrogen-bond donors (Lipinski definition) is 0. The molecule has 0 aliphatic heterocycles. The zero-order valence-corrected chi connectivity index (χ0v) is 24.3. The van der Waals surface area contributed by atoms with Gasteiger partial charge in [0.1, 0.15) is 44.9 Å². The molecule has 0 saturated carbocycles. The quantitative estimate of drug-likeness (QED) is 0.180. The molecule has 0 fully saturated rings. The van der Waals surface area contributed by atoms with Crippen LogP contribution in [0.2, 0.25) is 0 Å². The number of nitrogens with zero attached hydrogens (tertiary/aromatic N) is 3. The van der Waals surface area contributed by atoms with E-state index >= 15 is 0 Å². The Hall–Kier alpha value is -3.91. The molecule has 0 radical (unpaired) electrons. The van der Waals surface area contributed by atoms with Crippen molar-refractivity contribution < 1.29 is 57.2 Å². The van der Waals surface area contributed by atoms with Crippen LogP contribution in [0.3, 0.4) is 0 Å². The molecule has 15 heteroatoms. The Bertz CT molecular complexity index is 802. The lowest BCUT2D eigenvalue weighted by atomic mass is 10.2. The summed E-state index contributed by atoms with van der Waals surface area (Å²) >= 11 is 0. The Morgan fingerprint density at radius 2 is 0.750 bits per heavy atom. The predicted molar refractivity (Wildman–Crippen MR) is 137 cm³/mol. The second-order valence-corrected chi connectivity index (χ2v) is 9.06. The number of rotatable bonds is 16. The van der Waals surface area contributed by atoms with E-state index in [0.29, 0.717) is 0 Å². The minimum absolute atomic E-state index is 0.0234. The van der Waals surface area contributed by atoms with Crippen molar-refractivity contribution in [2.75, 3.05) is 65.7 Å². The lowest BCUT2D eigenvalue weighted by Crippen LogP contribution is -2.52. The van der Waals surface area contributed by atoms with Crippen molar-refractivity contribution in [3.63, 3.8) is 0 Å². The molecule has 0 atom stereocenters. The van der Waals surface area contributed by atoms with Crippen molar-refractivity contribution in [3.05, 3.63) is 0 Å². The summed E-state index contributed by atoms with van der Waals surface area (Å²) < 4.78 is 24.7. The number of carbonyl (C=O) groups is 7. The van der Waals surface area contributed by atoms with Gasteiger partial charge in [-0.1, -0.05) is 0 Å². The molecule has 0 aromatic rings. The van der Waals surface area contributed by atoms with Crippen molar-refractivity contribution in [2.24, 2.45) is 0 Å². The fourth-order valence-corrected chi connectivity index (χ4v) is 2.95. The summed E-state index contributed by atoms with van der Waals surface area (Å²) in [4.78, 5) is 89.9. The molecule has 0 heterocycles. The summed E-state index contributed by atoms with van der Waals surface area (Å²) in [6.07, 6.45) is -1.08. The molecule has 0 aliphatic carbocycles. The van der Waals surface area contributed by atoms with Crippen LogP contribution in [0.5, 0.6) is 0 Å². The topological polar surface area (TPSA) is 175 Å². The lowest BCUT2D eigenvalue weighted by Gasteiger charge is -2.30. The van der Waals surface area contributed by atoms with Crippen molar-refractivity contribution in [1.82, 2.24) is 14.7 Å². The van der Waals surface area contributed by atoms with Crippen LogP contribution in [-0.4, -0.2) is 128 Å². The maximum Gasteiger partial charge on any atom is 0.411 e. The number of ether oxygens (including phenoxy) is 5. The molecule has 0 aromatic heterocycles. The fourth-order valence-electron chi connectivity index (χ4n) is 2.95.